The maximum absolute atomic E-state index is 9.03. The molecule has 0 fully saturated rings. The van der Waals surface area contributed by atoms with Gasteiger partial charge in [0.1, 0.15) is 11.8 Å². The molecule has 3 aromatic rings. The molecule has 0 spiro atoms. The second kappa shape index (κ2) is 4.38. The molecule has 0 unspecified atom stereocenters. The van der Waals surface area contributed by atoms with Crippen molar-refractivity contribution in [2.24, 2.45) is 0 Å². The van der Waals surface area contributed by atoms with Crippen LogP contribution in [0.15, 0.2) is 60.8 Å². The van der Waals surface area contributed by atoms with E-state index in [1.807, 2.05) is 47.0 Å². The van der Waals surface area contributed by atoms with E-state index >= 15 is 0 Å². The molecule has 0 amide bonds. The number of fused-ring (bicyclic) bond motifs is 1. The Hall–Kier alpha value is -2.53. The summed E-state index contributed by atoms with van der Waals surface area (Å²) in [6, 6.07) is 20.6. The highest BCUT2D eigenvalue weighted by Gasteiger charge is 2.05. The summed E-state index contributed by atoms with van der Waals surface area (Å²) < 4.78 is 1.94. The first-order chi connectivity index (χ1) is 8.88. The molecule has 2 heterocycles. The summed E-state index contributed by atoms with van der Waals surface area (Å²) in [5.74, 6) is 0. The quantitative estimate of drug-likeness (QED) is 0.665. The van der Waals surface area contributed by atoms with Crippen molar-refractivity contribution in [2.45, 2.75) is 6.42 Å². The monoisotopic (exact) mass is 232 g/mol. The van der Waals surface area contributed by atoms with E-state index in [0.717, 1.165) is 11.9 Å². The predicted molar refractivity (Wildman–Crippen MR) is 71.4 cm³/mol. The minimum Gasteiger partial charge on any atom is -0.308 e. The van der Waals surface area contributed by atoms with Gasteiger partial charge in [-0.3, -0.25) is 0 Å². The molecule has 0 aliphatic rings. The molecule has 1 aromatic carbocycles. The van der Waals surface area contributed by atoms with Crippen LogP contribution in [0.2, 0.25) is 0 Å². The van der Waals surface area contributed by atoms with Gasteiger partial charge in [0.2, 0.25) is 0 Å². The lowest BCUT2D eigenvalue weighted by Crippen LogP contribution is -1.94. The van der Waals surface area contributed by atoms with Gasteiger partial charge in [0.05, 0.1) is 0 Å². The standard InChI is InChI=1S/C16H12N2/c17-12-15-8-9-16-14(7-4-10-18(15)16)11-13-5-2-1-3-6-13/h1-10H,11H2. The molecule has 0 bridgehead atoms. The molecular weight excluding hydrogens is 220 g/mol. The van der Waals surface area contributed by atoms with E-state index in [1.54, 1.807) is 0 Å². The van der Waals surface area contributed by atoms with Crippen LogP contribution in [-0.4, -0.2) is 4.40 Å². The van der Waals surface area contributed by atoms with Crippen LogP contribution in [0, 0.1) is 11.3 Å². The molecule has 2 heteroatoms. The van der Waals surface area contributed by atoms with Crippen LogP contribution >= 0.6 is 0 Å². The third kappa shape index (κ3) is 1.76. The number of aromatic nitrogens is 1. The Morgan fingerprint density at radius 3 is 2.56 bits per heavy atom. The van der Waals surface area contributed by atoms with Gasteiger partial charge in [-0.1, -0.05) is 36.4 Å². The van der Waals surface area contributed by atoms with Crippen molar-refractivity contribution in [1.82, 2.24) is 4.40 Å². The van der Waals surface area contributed by atoms with Crippen molar-refractivity contribution < 1.29 is 0 Å². The first-order valence-electron chi connectivity index (χ1n) is 5.91. The highest BCUT2D eigenvalue weighted by Crippen LogP contribution is 2.18. The zero-order valence-electron chi connectivity index (χ0n) is 9.88. The van der Waals surface area contributed by atoms with E-state index in [2.05, 4.69) is 24.3 Å². The van der Waals surface area contributed by atoms with Crippen LogP contribution in [0.1, 0.15) is 16.8 Å². The molecule has 3 rings (SSSR count). The van der Waals surface area contributed by atoms with Crippen LogP contribution in [0.4, 0.5) is 0 Å². The lowest BCUT2D eigenvalue weighted by atomic mass is 10.1. The maximum Gasteiger partial charge on any atom is 0.124 e. The number of pyridine rings is 1. The molecule has 0 atom stereocenters. The predicted octanol–water partition coefficient (Wildman–Crippen LogP) is 3.40. The molecule has 2 nitrogen and oxygen atoms in total. The van der Waals surface area contributed by atoms with Crippen molar-refractivity contribution in [3.63, 3.8) is 0 Å². The van der Waals surface area contributed by atoms with Crippen molar-refractivity contribution >= 4 is 5.52 Å². The van der Waals surface area contributed by atoms with Crippen LogP contribution in [0.3, 0.4) is 0 Å². The van der Waals surface area contributed by atoms with E-state index in [4.69, 9.17) is 5.26 Å². The number of benzene rings is 1. The Bertz CT molecular complexity index is 718. The molecular formula is C16H12N2. The minimum atomic E-state index is 0.680. The van der Waals surface area contributed by atoms with Gasteiger partial charge in [-0.05, 0) is 35.7 Å². The number of rotatable bonds is 2. The minimum absolute atomic E-state index is 0.680. The fraction of sp³-hybridized carbons (Fsp3) is 0.0625. The first-order valence-corrected chi connectivity index (χ1v) is 5.91. The third-order valence-electron chi connectivity index (χ3n) is 3.13. The summed E-state index contributed by atoms with van der Waals surface area (Å²) in [4.78, 5) is 0. The summed E-state index contributed by atoms with van der Waals surface area (Å²) in [5, 5.41) is 9.03. The second-order valence-electron chi connectivity index (χ2n) is 4.28. The topological polar surface area (TPSA) is 28.2 Å². The van der Waals surface area contributed by atoms with Gasteiger partial charge in [0.15, 0.2) is 0 Å². The number of nitriles is 1. The average Bonchev–Trinajstić information content (AvgIpc) is 2.84. The fourth-order valence-corrected chi connectivity index (χ4v) is 2.26. The Morgan fingerprint density at radius 1 is 0.944 bits per heavy atom. The summed E-state index contributed by atoms with van der Waals surface area (Å²) in [6.45, 7) is 0. The summed E-state index contributed by atoms with van der Waals surface area (Å²) in [5.41, 5.74) is 4.31. The molecule has 0 saturated heterocycles. The van der Waals surface area contributed by atoms with Crippen molar-refractivity contribution in [2.75, 3.05) is 0 Å². The lowest BCUT2D eigenvalue weighted by molar-refractivity contribution is 1.11. The van der Waals surface area contributed by atoms with Crippen LogP contribution < -0.4 is 0 Å². The maximum atomic E-state index is 9.03. The van der Waals surface area contributed by atoms with Gasteiger partial charge in [0, 0.05) is 11.7 Å². The van der Waals surface area contributed by atoms with E-state index in [9.17, 15) is 0 Å². The normalized spacial score (nSPS) is 10.4. The van der Waals surface area contributed by atoms with E-state index in [-0.39, 0.29) is 0 Å². The van der Waals surface area contributed by atoms with E-state index in [1.165, 1.54) is 11.1 Å². The number of hydrogen-bond donors (Lipinski definition) is 0. The highest BCUT2D eigenvalue weighted by molar-refractivity contribution is 5.59. The molecule has 2 aromatic heterocycles. The highest BCUT2D eigenvalue weighted by atomic mass is 14.9. The van der Waals surface area contributed by atoms with Gasteiger partial charge in [-0.15, -0.1) is 0 Å². The summed E-state index contributed by atoms with van der Waals surface area (Å²) >= 11 is 0. The first kappa shape index (κ1) is 10.6. The molecule has 0 aliphatic heterocycles. The summed E-state index contributed by atoms with van der Waals surface area (Å²) in [6.07, 6.45) is 2.82. The SMILES string of the molecule is N#Cc1ccc2c(Cc3ccccc3)cccn12. The van der Waals surface area contributed by atoms with Gasteiger partial charge in [0.25, 0.3) is 0 Å². The number of hydrogen-bond acceptors (Lipinski definition) is 1. The molecule has 18 heavy (non-hydrogen) atoms. The van der Waals surface area contributed by atoms with Crippen molar-refractivity contribution in [3.8, 4) is 6.07 Å². The van der Waals surface area contributed by atoms with E-state index in [0.29, 0.717) is 5.69 Å². The molecule has 0 aliphatic carbocycles. The average molecular weight is 232 g/mol. The molecule has 0 radical (unpaired) electrons. The van der Waals surface area contributed by atoms with Crippen LogP contribution in [-0.2, 0) is 6.42 Å². The Labute approximate surface area is 106 Å². The van der Waals surface area contributed by atoms with Crippen molar-refractivity contribution in [1.29, 1.82) is 5.26 Å². The van der Waals surface area contributed by atoms with Crippen LogP contribution in [0.25, 0.3) is 5.52 Å². The summed E-state index contributed by atoms with van der Waals surface area (Å²) in [7, 11) is 0. The largest absolute Gasteiger partial charge is 0.308 e. The number of nitrogens with zero attached hydrogens (tertiary/aromatic N) is 2. The van der Waals surface area contributed by atoms with Gasteiger partial charge in [-0.25, -0.2) is 0 Å². The smallest absolute Gasteiger partial charge is 0.124 e. The lowest BCUT2D eigenvalue weighted by Gasteiger charge is -2.05. The van der Waals surface area contributed by atoms with Gasteiger partial charge < -0.3 is 4.40 Å². The second-order valence-corrected chi connectivity index (χ2v) is 4.28. The van der Waals surface area contributed by atoms with Gasteiger partial charge >= 0.3 is 0 Å². The Balaban J connectivity index is 2.08. The Morgan fingerprint density at radius 2 is 1.78 bits per heavy atom. The molecule has 0 N–H and O–H groups in total. The Kier molecular flexibility index (Phi) is 2.59. The van der Waals surface area contributed by atoms with E-state index < -0.39 is 0 Å². The zero-order chi connectivity index (χ0) is 12.4. The molecule has 86 valence electrons. The third-order valence-corrected chi connectivity index (χ3v) is 3.13. The molecule has 0 saturated carbocycles. The van der Waals surface area contributed by atoms with Crippen molar-refractivity contribution in [3.05, 3.63) is 77.6 Å². The zero-order valence-corrected chi connectivity index (χ0v) is 9.88. The fourth-order valence-electron chi connectivity index (χ4n) is 2.26. The van der Waals surface area contributed by atoms with Gasteiger partial charge in [-0.2, -0.15) is 5.26 Å². The van der Waals surface area contributed by atoms with Crippen LogP contribution in [0.5, 0.6) is 0 Å².